The molecule has 4 heteroatoms. The minimum atomic E-state index is 0.323. The first-order valence-electron chi connectivity index (χ1n) is 6.21. The number of anilines is 1. The van der Waals surface area contributed by atoms with E-state index in [9.17, 15) is 0 Å². The second kappa shape index (κ2) is 6.42. The third-order valence-electron chi connectivity index (χ3n) is 2.24. The van der Waals surface area contributed by atoms with Crippen LogP contribution in [-0.2, 0) is 0 Å². The molecule has 0 radical (unpaired) electrons. The predicted molar refractivity (Wildman–Crippen MR) is 70.4 cm³/mol. The summed E-state index contributed by atoms with van der Waals surface area (Å²) in [4.78, 5) is 8.45. The van der Waals surface area contributed by atoms with E-state index in [1.165, 1.54) is 0 Å². The molecule has 1 aromatic rings. The van der Waals surface area contributed by atoms with Gasteiger partial charge in [0.1, 0.15) is 0 Å². The zero-order valence-corrected chi connectivity index (χ0v) is 11.3. The van der Waals surface area contributed by atoms with Gasteiger partial charge in [-0.3, -0.25) is 0 Å². The van der Waals surface area contributed by atoms with Crippen molar-refractivity contribution in [2.45, 2.75) is 40.5 Å². The summed E-state index contributed by atoms with van der Waals surface area (Å²) in [7, 11) is 0. The van der Waals surface area contributed by atoms with Crippen molar-refractivity contribution in [3.05, 3.63) is 12.3 Å². The molecule has 96 valence electrons. The first-order valence-corrected chi connectivity index (χ1v) is 6.21. The van der Waals surface area contributed by atoms with E-state index in [0.29, 0.717) is 23.9 Å². The van der Waals surface area contributed by atoms with Crippen molar-refractivity contribution in [1.29, 1.82) is 0 Å². The molecule has 1 rings (SSSR count). The molecule has 0 aromatic carbocycles. The third kappa shape index (κ3) is 6.09. The lowest BCUT2D eigenvalue weighted by Gasteiger charge is -2.18. The van der Waals surface area contributed by atoms with Gasteiger partial charge in [-0.15, -0.1) is 0 Å². The quantitative estimate of drug-likeness (QED) is 0.825. The van der Waals surface area contributed by atoms with Crippen molar-refractivity contribution in [2.75, 3.05) is 18.5 Å². The van der Waals surface area contributed by atoms with Gasteiger partial charge in [0.15, 0.2) is 0 Å². The molecule has 0 aliphatic rings. The Morgan fingerprint density at radius 2 is 2.12 bits per heavy atom. The van der Waals surface area contributed by atoms with Gasteiger partial charge >= 0.3 is 0 Å². The number of ether oxygens (including phenoxy) is 1. The van der Waals surface area contributed by atoms with Gasteiger partial charge in [-0.25, -0.2) is 4.98 Å². The maximum Gasteiger partial charge on any atom is 0.225 e. The van der Waals surface area contributed by atoms with Crippen molar-refractivity contribution in [1.82, 2.24) is 9.97 Å². The van der Waals surface area contributed by atoms with E-state index < -0.39 is 0 Å². The summed E-state index contributed by atoms with van der Waals surface area (Å²) in [6.45, 7) is 10.3. The SMILES string of the molecule is CCCOc1ccnc(NCCC(C)(C)C)n1. The van der Waals surface area contributed by atoms with Crippen LogP contribution in [0.2, 0.25) is 0 Å². The molecule has 1 aromatic heterocycles. The molecule has 0 aliphatic heterocycles. The largest absolute Gasteiger partial charge is 0.478 e. The van der Waals surface area contributed by atoms with Crippen LogP contribution < -0.4 is 10.1 Å². The van der Waals surface area contributed by atoms with Crippen molar-refractivity contribution in [3.8, 4) is 5.88 Å². The molecule has 1 N–H and O–H groups in total. The number of hydrogen-bond acceptors (Lipinski definition) is 4. The summed E-state index contributed by atoms with van der Waals surface area (Å²) in [5.41, 5.74) is 0.323. The monoisotopic (exact) mass is 237 g/mol. The van der Waals surface area contributed by atoms with E-state index in [4.69, 9.17) is 4.74 Å². The summed E-state index contributed by atoms with van der Waals surface area (Å²) in [5, 5.41) is 3.22. The van der Waals surface area contributed by atoms with Gasteiger partial charge < -0.3 is 10.1 Å². The Morgan fingerprint density at radius 1 is 1.35 bits per heavy atom. The number of nitrogens with zero attached hydrogens (tertiary/aromatic N) is 2. The minimum absolute atomic E-state index is 0.323. The van der Waals surface area contributed by atoms with Crippen LogP contribution in [0.25, 0.3) is 0 Å². The highest BCUT2D eigenvalue weighted by Gasteiger charge is 2.09. The number of aromatic nitrogens is 2. The molecular formula is C13H23N3O. The van der Waals surface area contributed by atoms with Gasteiger partial charge in [-0.2, -0.15) is 4.98 Å². The maximum atomic E-state index is 5.45. The lowest BCUT2D eigenvalue weighted by atomic mass is 9.92. The molecule has 0 unspecified atom stereocenters. The van der Waals surface area contributed by atoms with Crippen LogP contribution in [0.1, 0.15) is 40.5 Å². The fourth-order valence-electron chi connectivity index (χ4n) is 1.26. The lowest BCUT2D eigenvalue weighted by Crippen LogP contribution is -2.14. The predicted octanol–water partition coefficient (Wildman–Crippen LogP) is 3.11. The summed E-state index contributed by atoms with van der Waals surface area (Å²) < 4.78 is 5.45. The summed E-state index contributed by atoms with van der Waals surface area (Å²) in [6, 6.07) is 1.78. The molecule has 1 heterocycles. The van der Waals surface area contributed by atoms with Gasteiger partial charge in [0, 0.05) is 18.8 Å². The Kier molecular flexibility index (Phi) is 5.19. The average molecular weight is 237 g/mol. The smallest absolute Gasteiger partial charge is 0.225 e. The fourth-order valence-corrected chi connectivity index (χ4v) is 1.26. The molecule has 0 atom stereocenters. The molecule has 0 fully saturated rings. The van der Waals surface area contributed by atoms with Gasteiger partial charge in [0.2, 0.25) is 11.8 Å². The van der Waals surface area contributed by atoms with E-state index in [2.05, 4.69) is 43.0 Å². The van der Waals surface area contributed by atoms with Crippen molar-refractivity contribution in [2.24, 2.45) is 5.41 Å². The molecular weight excluding hydrogens is 214 g/mol. The Hall–Kier alpha value is -1.32. The Bertz CT molecular complexity index is 334. The highest BCUT2D eigenvalue weighted by atomic mass is 16.5. The first-order chi connectivity index (χ1) is 8.01. The summed E-state index contributed by atoms with van der Waals surface area (Å²) >= 11 is 0. The van der Waals surface area contributed by atoms with Crippen molar-refractivity contribution in [3.63, 3.8) is 0 Å². The molecule has 4 nitrogen and oxygen atoms in total. The molecule has 0 aliphatic carbocycles. The average Bonchev–Trinajstić information content (AvgIpc) is 2.25. The zero-order chi connectivity index (χ0) is 12.7. The third-order valence-corrected chi connectivity index (χ3v) is 2.24. The van der Waals surface area contributed by atoms with Crippen LogP contribution in [-0.4, -0.2) is 23.1 Å². The van der Waals surface area contributed by atoms with Crippen LogP contribution in [0.3, 0.4) is 0 Å². The molecule has 0 amide bonds. The van der Waals surface area contributed by atoms with Crippen LogP contribution >= 0.6 is 0 Å². The van der Waals surface area contributed by atoms with Crippen LogP contribution in [0.4, 0.5) is 5.95 Å². The zero-order valence-electron chi connectivity index (χ0n) is 11.3. The Morgan fingerprint density at radius 3 is 2.76 bits per heavy atom. The fraction of sp³-hybridized carbons (Fsp3) is 0.692. The van der Waals surface area contributed by atoms with Gasteiger partial charge in [0.25, 0.3) is 0 Å². The van der Waals surface area contributed by atoms with E-state index in [1.54, 1.807) is 12.3 Å². The van der Waals surface area contributed by atoms with Crippen molar-refractivity contribution < 1.29 is 4.74 Å². The van der Waals surface area contributed by atoms with Crippen molar-refractivity contribution >= 4 is 5.95 Å². The normalized spacial score (nSPS) is 11.3. The van der Waals surface area contributed by atoms with E-state index in [0.717, 1.165) is 19.4 Å². The lowest BCUT2D eigenvalue weighted by molar-refractivity contribution is 0.305. The minimum Gasteiger partial charge on any atom is -0.478 e. The second-order valence-electron chi connectivity index (χ2n) is 5.30. The Balaban J connectivity index is 2.43. The van der Waals surface area contributed by atoms with Crippen LogP contribution in [0, 0.1) is 5.41 Å². The second-order valence-corrected chi connectivity index (χ2v) is 5.30. The highest BCUT2D eigenvalue weighted by Crippen LogP contribution is 2.18. The van der Waals surface area contributed by atoms with E-state index in [1.807, 2.05) is 0 Å². The number of nitrogens with one attached hydrogen (secondary N) is 1. The number of rotatable bonds is 6. The van der Waals surface area contributed by atoms with E-state index >= 15 is 0 Å². The molecule has 0 bridgehead atoms. The first kappa shape index (κ1) is 13.7. The molecule has 0 saturated heterocycles. The highest BCUT2D eigenvalue weighted by molar-refractivity contribution is 5.27. The Labute approximate surface area is 104 Å². The van der Waals surface area contributed by atoms with E-state index in [-0.39, 0.29) is 0 Å². The van der Waals surface area contributed by atoms with Gasteiger partial charge in [-0.05, 0) is 18.3 Å². The standard InChI is InChI=1S/C13H23N3O/c1-5-10-17-11-6-8-14-12(16-11)15-9-7-13(2,3)4/h6,8H,5,7,9-10H2,1-4H3,(H,14,15,16). The molecule has 0 saturated carbocycles. The maximum absolute atomic E-state index is 5.45. The number of hydrogen-bond donors (Lipinski definition) is 1. The summed E-state index contributed by atoms with van der Waals surface area (Å²) in [5.74, 6) is 1.28. The van der Waals surface area contributed by atoms with Gasteiger partial charge in [-0.1, -0.05) is 27.7 Å². The molecule has 17 heavy (non-hydrogen) atoms. The molecule has 0 spiro atoms. The van der Waals surface area contributed by atoms with Crippen LogP contribution in [0.15, 0.2) is 12.3 Å². The summed E-state index contributed by atoms with van der Waals surface area (Å²) in [6.07, 6.45) is 3.78. The van der Waals surface area contributed by atoms with Crippen LogP contribution in [0.5, 0.6) is 5.88 Å². The topological polar surface area (TPSA) is 47.0 Å². The van der Waals surface area contributed by atoms with Gasteiger partial charge in [0.05, 0.1) is 6.61 Å².